The van der Waals surface area contributed by atoms with Gasteiger partial charge in [0.25, 0.3) is 0 Å². The van der Waals surface area contributed by atoms with E-state index in [1.807, 2.05) is 29.9 Å². The van der Waals surface area contributed by atoms with Gasteiger partial charge in [0.1, 0.15) is 16.7 Å². The van der Waals surface area contributed by atoms with Crippen molar-refractivity contribution in [2.75, 3.05) is 7.11 Å². The number of nitrogens with zero attached hydrogens (tertiary/aromatic N) is 3. The van der Waals surface area contributed by atoms with Crippen LogP contribution in [0.25, 0.3) is 10.9 Å². The summed E-state index contributed by atoms with van der Waals surface area (Å²) in [6.45, 7) is 0.680. The molecule has 98 valence electrons. The minimum absolute atomic E-state index is 0.643. The predicted octanol–water partition coefficient (Wildman–Crippen LogP) is 3.09. The smallest absolute Gasteiger partial charge is 0.129 e. The Morgan fingerprint density at radius 2 is 2.16 bits per heavy atom. The fraction of sp³-hybridized carbons (Fsp3) is 0.214. The second kappa shape index (κ2) is 4.63. The molecule has 19 heavy (non-hydrogen) atoms. The summed E-state index contributed by atoms with van der Waals surface area (Å²) in [7, 11) is 3.60. The number of halogens is 1. The molecule has 0 spiro atoms. The van der Waals surface area contributed by atoms with E-state index in [2.05, 4.69) is 21.7 Å². The van der Waals surface area contributed by atoms with Crippen molar-refractivity contribution in [3.8, 4) is 5.75 Å². The lowest BCUT2D eigenvalue weighted by molar-refractivity contribution is 0.420. The summed E-state index contributed by atoms with van der Waals surface area (Å²) in [5, 5.41) is 1.74. The largest absolute Gasteiger partial charge is 0.496 e. The van der Waals surface area contributed by atoms with E-state index in [9.17, 15) is 0 Å². The molecule has 0 amide bonds. The first-order valence-electron chi connectivity index (χ1n) is 5.98. The van der Waals surface area contributed by atoms with Crippen LogP contribution in [0.4, 0.5) is 0 Å². The summed E-state index contributed by atoms with van der Waals surface area (Å²) < 4.78 is 9.38. The Balaban J connectivity index is 2.04. The lowest BCUT2D eigenvalue weighted by Crippen LogP contribution is -2.05. The average molecular weight is 276 g/mol. The van der Waals surface area contributed by atoms with Crippen molar-refractivity contribution in [1.29, 1.82) is 0 Å². The Morgan fingerprint density at radius 1 is 1.32 bits per heavy atom. The lowest BCUT2D eigenvalue weighted by atomic mass is 10.2. The Morgan fingerprint density at radius 3 is 2.84 bits per heavy atom. The van der Waals surface area contributed by atoms with E-state index in [0.29, 0.717) is 11.7 Å². The summed E-state index contributed by atoms with van der Waals surface area (Å²) in [5.41, 5.74) is 1.12. The Hall–Kier alpha value is -1.94. The highest BCUT2D eigenvalue weighted by atomic mass is 35.5. The number of aromatic nitrogens is 3. The first kappa shape index (κ1) is 12.1. The van der Waals surface area contributed by atoms with Gasteiger partial charge in [0.05, 0.1) is 25.4 Å². The van der Waals surface area contributed by atoms with Gasteiger partial charge in [-0.1, -0.05) is 17.7 Å². The van der Waals surface area contributed by atoms with Crippen molar-refractivity contribution in [2.24, 2.45) is 7.05 Å². The molecule has 0 bridgehead atoms. The molecule has 3 rings (SSSR count). The molecular weight excluding hydrogens is 262 g/mol. The standard InChI is InChI=1S/C14H14ClN3O/c1-17-13(15)8-16-14(17)9-18-7-6-10-11(18)4-3-5-12(10)19-2/h3-8H,9H2,1-2H3. The Kier molecular flexibility index (Phi) is 2.95. The van der Waals surface area contributed by atoms with Gasteiger partial charge in [0.2, 0.25) is 0 Å². The average Bonchev–Trinajstić information content (AvgIpc) is 2.97. The van der Waals surface area contributed by atoms with Crippen molar-refractivity contribution in [1.82, 2.24) is 14.1 Å². The summed E-state index contributed by atoms with van der Waals surface area (Å²) in [4.78, 5) is 4.32. The summed E-state index contributed by atoms with van der Waals surface area (Å²) in [6.07, 6.45) is 3.71. The number of hydrogen-bond donors (Lipinski definition) is 0. The van der Waals surface area contributed by atoms with Gasteiger partial charge in [-0.3, -0.25) is 0 Å². The fourth-order valence-electron chi connectivity index (χ4n) is 2.23. The zero-order chi connectivity index (χ0) is 13.4. The third-order valence-corrected chi connectivity index (χ3v) is 3.68. The molecule has 0 saturated carbocycles. The van der Waals surface area contributed by atoms with Crippen LogP contribution in [0.15, 0.2) is 36.7 Å². The highest BCUT2D eigenvalue weighted by Crippen LogP contribution is 2.26. The Bertz CT molecular complexity index is 729. The molecule has 2 heterocycles. The molecule has 0 radical (unpaired) electrons. The monoisotopic (exact) mass is 275 g/mol. The molecule has 0 fully saturated rings. The molecule has 0 aliphatic rings. The van der Waals surface area contributed by atoms with E-state index in [1.165, 1.54) is 0 Å². The fourth-order valence-corrected chi connectivity index (χ4v) is 2.38. The molecule has 4 nitrogen and oxygen atoms in total. The van der Waals surface area contributed by atoms with E-state index < -0.39 is 0 Å². The van der Waals surface area contributed by atoms with E-state index >= 15 is 0 Å². The maximum atomic E-state index is 6.01. The molecule has 5 heteroatoms. The number of methoxy groups -OCH3 is 1. The van der Waals surface area contributed by atoms with Gasteiger partial charge in [-0.05, 0) is 18.2 Å². The zero-order valence-corrected chi connectivity index (χ0v) is 11.6. The number of rotatable bonds is 3. The lowest BCUT2D eigenvalue weighted by Gasteiger charge is -2.07. The number of benzene rings is 1. The number of ether oxygens (including phenoxy) is 1. The van der Waals surface area contributed by atoms with E-state index in [0.717, 1.165) is 22.5 Å². The van der Waals surface area contributed by atoms with Gasteiger partial charge >= 0.3 is 0 Å². The SMILES string of the molecule is COc1cccc2c1ccn2Cc1ncc(Cl)n1C. The van der Waals surface area contributed by atoms with Crippen molar-refractivity contribution < 1.29 is 4.74 Å². The van der Waals surface area contributed by atoms with E-state index in [4.69, 9.17) is 16.3 Å². The van der Waals surface area contributed by atoms with Crippen LogP contribution in [0.2, 0.25) is 5.15 Å². The van der Waals surface area contributed by atoms with Gasteiger partial charge in [-0.25, -0.2) is 4.98 Å². The highest BCUT2D eigenvalue weighted by molar-refractivity contribution is 6.29. The zero-order valence-electron chi connectivity index (χ0n) is 10.8. The molecule has 2 aromatic heterocycles. The molecule has 3 aromatic rings. The van der Waals surface area contributed by atoms with Crippen LogP contribution in [-0.2, 0) is 13.6 Å². The maximum Gasteiger partial charge on any atom is 0.129 e. The van der Waals surface area contributed by atoms with Crippen molar-refractivity contribution in [2.45, 2.75) is 6.54 Å². The molecule has 0 N–H and O–H groups in total. The van der Waals surface area contributed by atoms with Gasteiger partial charge in [-0.2, -0.15) is 0 Å². The molecule has 0 atom stereocenters. The molecule has 0 unspecified atom stereocenters. The van der Waals surface area contributed by atoms with Gasteiger partial charge in [-0.15, -0.1) is 0 Å². The minimum Gasteiger partial charge on any atom is -0.496 e. The van der Waals surface area contributed by atoms with Crippen LogP contribution >= 0.6 is 11.6 Å². The first-order chi connectivity index (χ1) is 9.20. The van der Waals surface area contributed by atoms with Crippen molar-refractivity contribution in [3.63, 3.8) is 0 Å². The summed E-state index contributed by atoms with van der Waals surface area (Å²) in [5.74, 6) is 1.81. The van der Waals surface area contributed by atoms with Crippen LogP contribution in [0.1, 0.15) is 5.82 Å². The van der Waals surface area contributed by atoms with Gasteiger partial charge in [0.15, 0.2) is 0 Å². The summed E-state index contributed by atoms with van der Waals surface area (Å²) >= 11 is 6.01. The third-order valence-electron chi connectivity index (χ3n) is 3.33. The second-order valence-corrected chi connectivity index (χ2v) is 4.78. The van der Waals surface area contributed by atoms with Gasteiger partial charge < -0.3 is 13.9 Å². The second-order valence-electron chi connectivity index (χ2n) is 4.39. The van der Waals surface area contributed by atoms with Crippen LogP contribution in [0, 0.1) is 0 Å². The minimum atomic E-state index is 0.643. The number of fused-ring (bicyclic) bond motifs is 1. The van der Waals surface area contributed by atoms with E-state index in [1.54, 1.807) is 13.3 Å². The summed E-state index contributed by atoms with van der Waals surface area (Å²) in [6, 6.07) is 8.08. The first-order valence-corrected chi connectivity index (χ1v) is 6.36. The quantitative estimate of drug-likeness (QED) is 0.736. The normalized spacial score (nSPS) is 11.1. The topological polar surface area (TPSA) is 32.0 Å². The van der Waals surface area contributed by atoms with Crippen LogP contribution in [0.3, 0.4) is 0 Å². The maximum absolute atomic E-state index is 6.01. The number of imidazole rings is 1. The van der Waals surface area contributed by atoms with E-state index in [-0.39, 0.29) is 0 Å². The molecular formula is C14H14ClN3O. The molecule has 0 aliphatic carbocycles. The molecule has 0 saturated heterocycles. The van der Waals surface area contributed by atoms with Gasteiger partial charge in [0, 0.05) is 18.6 Å². The van der Waals surface area contributed by atoms with Crippen LogP contribution < -0.4 is 4.74 Å². The molecule has 0 aliphatic heterocycles. The van der Waals surface area contributed by atoms with Crippen molar-refractivity contribution in [3.05, 3.63) is 47.6 Å². The Labute approximate surface area is 116 Å². The van der Waals surface area contributed by atoms with Crippen LogP contribution in [-0.4, -0.2) is 21.2 Å². The van der Waals surface area contributed by atoms with Crippen LogP contribution in [0.5, 0.6) is 5.75 Å². The third kappa shape index (κ3) is 1.98. The van der Waals surface area contributed by atoms with Crippen molar-refractivity contribution >= 4 is 22.5 Å². The number of hydrogen-bond acceptors (Lipinski definition) is 2. The predicted molar refractivity (Wildman–Crippen MR) is 75.8 cm³/mol. The highest BCUT2D eigenvalue weighted by Gasteiger charge is 2.09. The molecule has 1 aromatic carbocycles.